The van der Waals surface area contributed by atoms with Crippen molar-refractivity contribution in [3.8, 4) is 0 Å². The van der Waals surface area contributed by atoms with Crippen LogP contribution in [0.2, 0.25) is 15.1 Å². The van der Waals surface area contributed by atoms with Crippen molar-refractivity contribution in [3.05, 3.63) is 105 Å². The second-order valence-corrected chi connectivity index (χ2v) is 10.5. The highest BCUT2D eigenvalue weighted by Crippen LogP contribution is 2.24. The summed E-state index contributed by atoms with van der Waals surface area (Å²) in [5.74, 6) is -0.329. The molecule has 1 aliphatic carbocycles. The number of rotatable bonds is 9. The minimum Gasteiger partial charge on any atom is -0.352 e. The van der Waals surface area contributed by atoms with Crippen LogP contribution in [-0.4, -0.2) is 28.8 Å². The second-order valence-electron chi connectivity index (χ2n) is 9.26. The van der Waals surface area contributed by atoms with Gasteiger partial charge in [-0.15, -0.1) is 0 Å². The van der Waals surface area contributed by atoms with Crippen LogP contribution in [0, 0.1) is 0 Å². The van der Waals surface area contributed by atoms with Gasteiger partial charge in [-0.3, -0.25) is 9.59 Å². The van der Waals surface area contributed by atoms with Crippen molar-refractivity contribution in [3.63, 3.8) is 0 Å². The fraction of sp³-hybridized carbons (Fsp3) is 0.310. The summed E-state index contributed by atoms with van der Waals surface area (Å²) in [4.78, 5) is 29.2. The Balaban J connectivity index is 1.67. The summed E-state index contributed by atoms with van der Waals surface area (Å²) in [6.07, 6.45) is 4.60. The Kier molecular flexibility index (Phi) is 9.30. The lowest BCUT2D eigenvalue weighted by molar-refractivity contribution is -0.141. The number of hydrogen-bond donors (Lipinski definition) is 1. The zero-order valence-corrected chi connectivity index (χ0v) is 22.2. The van der Waals surface area contributed by atoms with Gasteiger partial charge in [0.05, 0.1) is 6.42 Å². The van der Waals surface area contributed by atoms with Crippen LogP contribution < -0.4 is 5.32 Å². The summed E-state index contributed by atoms with van der Waals surface area (Å²) >= 11 is 18.7. The molecule has 1 aliphatic rings. The van der Waals surface area contributed by atoms with Crippen LogP contribution in [0.25, 0.3) is 0 Å². The van der Waals surface area contributed by atoms with Gasteiger partial charge in [0.2, 0.25) is 11.8 Å². The molecule has 0 unspecified atom stereocenters. The van der Waals surface area contributed by atoms with Crippen molar-refractivity contribution >= 4 is 46.6 Å². The SMILES string of the molecule is O=C(NC1CCCC1)[C@H](Cc1ccccc1)N(Cc1cccc(Cl)c1)C(=O)Cc1ccc(Cl)cc1Cl. The van der Waals surface area contributed by atoms with Crippen LogP contribution in [0.1, 0.15) is 42.4 Å². The Hall–Kier alpha value is -2.53. The number of halogens is 3. The van der Waals surface area contributed by atoms with E-state index in [1.165, 1.54) is 0 Å². The van der Waals surface area contributed by atoms with Gasteiger partial charge in [-0.1, -0.05) is 96.2 Å². The van der Waals surface area contributed by atoms with Gasteiger partial charge < -0.3 is 10.2 Å². The molecule has 2 amide bonds. The topological polar surface area (TPSA) is 49.4 Å². The Morgan fingerprint density at radius 2 is 1.56 bits per heavy atom. The zero-order chi connectivity index (χ0) is 25.5. The van der Waals surface area contributed by atoms with E-state index >= 15 is 0 Å². The van der Waals surface area contributed by atoms with Gasteiger partial charge in [0, 0.05) is 34.1 Å². The van der Waals surface area contributed by atoms with Crippen LogP contribution in [0.4, 0.5) is 0 Å². The van der Waals surface area contributed by atoms with E-state index in [2.05, 4.69) is 5.32 Å². The van der Waals surface area contributed by atoms with E-state index < -0.39 is 6.04 Å². The predicted molar refractivity (Wildman–Crippen MR) is 147 cm³/mol. The van der Waals surface area contributed by atoms with Crippen LogP contribution >= 0.6 is 34.8 Å². The molecule has 1 fully saturated rings. The first kappa shape index (κ1) is 26.5. The summed E-state index contributed by atoms with van der Waals surface area (Å²) in [7, 11) is 0. The van der Waals surface area contributed by atoms with Gasteiger partial charge in [-0.05, 0) is 53.8 Å². The molecule has 1 atom stereocenters. The Labute approximate surface area is 227 Å². The molecule has 36 heavy (non-hydrogen) atoms. The Morgan fingerprint density at radius 1 is 0.861 bits per heavy atom. The van der Waals surface area contributed by atoms with Gasteiger partial charge in [-0.25, -0.2) is 0 Å². The maximum Gasteiger partial charge on any atom is 0.243 e. The minimum atomic E-state index is -0.689. The van der Waals surface area contributed by atoms with Gasteiger partial charge >= 0.3 is 0 Å². The molecule has 7 heteroatoms. The van der Waals surface area contributed by atoms with E-state index in [1.54, 1.807) is 29.2 Å². The van der Waals surface area contributed by atoms with E-state index in [9.17, 15) is 9.59 Å². The Bertz CT molecular complexity index is 1200. The number of amides is 2. The summed E-state index contributed by atoms with van der Waals surface area (Å²) < 4.78 is 0. The van der Waals surface area contributed by atoms with Crippen LogP contribution in [0.3, 0.4) is 0 Å². The highest BCUT2D eigenvalue weighted by atomic mass is 35.5. The predicted octanol–water partition coefficient (Wildman–Crippen LogP) is 6.89. The first-order valence-corrected chi connectivity index (χ1v) is 13.3. The maximum atomic E-state index is 13.8. The molecule has 0 bridgehead atoms. The molecule has 3 aromatic rings. The van der Waals surface area contributed by atoms with Crippen molar-refractivity contribution in [2.75, 3.05) is 0 Å². The van der Waals surface area contributed by atoms with Gasteiger partial charge in [0.25, 0.3) is 0 Å². The highest BCUT2D eigenvalue weighted by molar-refractivity contribution is 6.35. The maximum absolute atomic E-state index is 13.8. The van der Waals surface area contributed by atoms with Crippen LogP contribution in [-0.2, 0) is 29.0 Å². The number of nitrogens with zero attached hydrogens (tertiary/aromatic N) is 1. The smallest absolute Gasteiger partial charge is 0.243 e. The minimum absolute atomic E-state index is 0.0541. The van der Waals surface area contributed by atoms with E-state index in [0.717, 1.165) is 36.8 Å². The molecular weight excluding hydrogens is 515 g/mol. The summed E-state index contributed by atoms with van der Waals surface area (Å²) in [5.41, 5.74) is 2.50. The number of carbonyl (C=O) groups is 2. The lowest BCUT2D eigenvalue weighted by Gasteiger charge is -2.32. The Morgan fingerprint density at radius 3 is 2.25 bits per heavy atom. The largest absolute Gasteiger partial charge is 0.352 e. The van der Waals surface area contributed by atoms with Crippen molar-refractivity contribution in [1.82, 2.24) is 10.2 Å². The van der Waals surface area contributed by atoms with Gasteiger partial charge in [-0.2, -0.15) is 0 Å². The van der Waals surface area contributed by atoms with E-state index in [4.69, 9.17) is 34.8 Å². The molecule has 4 nitrogen and oxygen atoms in total. The van der Waals surface area contributed by atoms with Gasteiger partial charge in [0.15, 0.2) is 0 Å². The second kappa shape index (κ2) is 12.6. The zero-order valence-electron chi connectivity index (χ0n) is 19.9. The fourth-order valence-corrected chi connectivity index (χ4v) is 5.37. The number of nitrogens with one attached hydrogen (secondary N) is 1. The third kappa shape index (κ3) is 7.25. The lowest BCUT2D eigenvalue weighted by Crippen LogP contribution is -2.52. The van der Waals surface area contributed by atoms with Crippen LogP contribution in [0.5, 0.6) is 0 Å². The van der Waals surface area contributed by atoms with E-state index in [-0.39, 0.29) is 30.8 Å². The normalized spacial score (nSPS) is 14.4. The van der Waals surface area contributed by atoms with E-state index in [1.807, 2.05) is 48.5 Å². The standard InChI is InChI=1S/C29H29Cl3N2O2/c30-23-10-6-9-21(15-23)19-34(28(35)17-22-13-14-24(31)18-26(22)32)27(16-20-7-2-1-3-8-20)29(36)33-25-11-4-5-12-25/h1-3,6-10,13-15,18,25,27H,4-5,11-12,16-17,19H2,(H,33,36)/t27-/m0/s1. The highest BCUT2D eigenvalue weighted by Gasteiger charge is 2.32. The summed E-state index contributed by atoms with van der Waals surface area (Å²) in [5, 5.41) is 4.72. The molecule has 3 aromatic carbocycles. The summed E-state index contributed by atoms with van der Waals surface area (Å²) in [6.45, 7) is 0.250. The first-order valence-electron chi connectivity index (χ1n) is 12.2. The van der Waals surface area contributed by atoms with Crippen molar-refractivity contribution in [2.24, 2.45) is 0 Å². The molecular formula is C29H29Cl3N2O2. The fourth-order valence-electron chi connectivity index (χ4n) is 4.68. The number of carbonyl (C=O) groups excluding carboxylic acids is 2. The number of benzene rings is 3. The first-order chi connectivity index (χ1) is 17.4. The third-order valence-corrected chi connectivity index (χ3v) is 7.39. The molecule has 1 saturated carbocycles. The quantitative estimate of drug-likeness (QED) is 0.319. The molecule has 0 heterocycles. The van der Waals surface area contributed by atoms with Crippen molar-refractivity contribution < 1.29 is 9.59 Å². The molecule has 0 aliphatic heterocycles. The van der Waals surface area contributed by atoms with Crippen LogP contribution in [0.15, 0.2) is 72.8 Å². The van der Waals surface area contributed by atoms with Crippen molar-refractivity contribution in [2.45, 2.75) is 57.2 Å². The molecule has 0 saturated heterocycles. The monoisotopic (exact) mass is 542 g/mol. The van der Waals surface area contributed by atoms with Gasteiger partial charge in [0.1, 0.15) is 6.04 Å². The average Bonchev–Trinajstić information content (AvgIpc) is 3.36. The third-order valence-electron chi connectivity index (χ3n) is 6.57. The lowest BCUT2D eigenvalue weighted by atomic mass is 10.0. The molecule has 0 radical (unpaired) electrons. The molecule has 4 rings (SSSR count). The molecule has 0 spiro atoms. The molecule has 1 N–H and O–H groups in total. The number of hydrogen-bond acceptors (Lipinski definition) is 2. The average molecular weight is 544 g/mol. The van der Waals surface area contributed by atoms with Crippen molar-refractivity contribution in [1.29, 1.82) is 0 Å². The molecule has 0 aromatic heterocycles. The molecule has 188 valence electrons. The summed E-state index contributed by atoms with van der Waals surface area (Å²) in [6, 6.07) is 21.7. The van der Waals surface area contributed by atoms with E-state index in [0.29, 0.717) is 27.1 Å².